The van der Waals surface area contributed by atoms with E-state index < -0.39 is 48.4 Å². The number of carbonyl (C=O) groups excluding carboxylic acids is 4. The van der Waals surface area contributed by atoms with E-state index in [2.05, 4.69) is 16.0 Å². The van der Waals surface area contributed by atoms with Gasteiger partial charge in [-0.25, -0.2) is 0 Å². The number of rotatable bonds is 11. The van der Waals surface area contributed by atoms with Crippen molar-refractivity contribution >= 4 is 29.6 Å². The molecule has 4 amide bonds. The lowest BCUT2D eigenvalue weighted by molar-refractivity contribution is -0.139. The minimum atomic E-state index is -1.20. The van der Waals surface area contributed by atoms with Crippen LogP contribution >= 0.6 is 0 Å². The van der Waals surface area contributed by atoms with E-state index in [4.69, 9.17) is 10.8 Å². The Balaban J connectivity index is 1.88. The highest BCUT2D eigenvalue weighted by Gasteiger charge is 2.36. The molecule has 11 heteroatoms. The van der Waals surface area contributed by atoms with Gasteiger partial charge in [0.05, 0.1) is 12.6 Å². The molecular weight excluding hydrogens is 442 g/mol. The molecule has 0 radical (unpaired) electrons. The molecule has 1 saturated heterocycles. The SMILES string of the molecule is CC(C)[C@H](NC(=O)CNC(=O)[C@@H]1CCCN1C(=O)[C@@H](N)Cc1ccccc1)C(=O)NCC(=O)O. The first-order valence-corrected chi connectivity index (χ1v) is 11.3. The van der Waals surface area contributed by atoms with Gasteiger partial charge in [0.2, 0.25) is 23.6 Å². The number of benzene rings is 1. The Bertz CT molecular complexity index is 891. The summed E-state index contributed by atoms with van der Waals surface area (Å²) in [6.07, 6.45) is 1.46. The zero-order valence-corrected chi connectivity index (χ0v) is 19.5. The van der Waals surface area contributed by atoms with Crippen molar-refractivity contribution in [3.8, 4) is 0 Å². The van der Waals surface area contributed by atoms with Crippen molar-refractivity contribution in [1.82, 2.24) is 20.9 Å². The monoisotopic (exact) mass is 475 g/mol. The topological polar surface area (TPSA) is 171 Å². The van der Waals surface area contributed by atoms with Gasteiger partial charge in [0, 0.05) is 6.54 Å². The molecule has 6 N–H and O–H groups in total. The number of aliphatic carboxylic acids is 1. The van der Waals surface area contributed by atoms with Crippen LogP contribution in [0.2, 0.25) is 0 Å². The average Bonchev–Trinajstić information content (AvgIpc) is 3.29. The molecule has 1 aliphatic rings. The van der Waals surface area contributed by atoms with Crippen LogP contribution in [-0.4, -0.2) is 77.4 Å². The molecule has 0 unspecified atom stereocenters. The Morgan fingerprint density at radius 1 is 1.09 bits per heavy atom. The van der Waals surface area contributed by atoms with Crippen LogP contribution in [0, 0.1) is 5.92 Å². The van der Waals surface area contributed by atoms with Crippen LogP contribution in [0.25, 0.3) is 0 Å². The molecule has 2 rings (SSSR count). The Kier molecular flexibility index (Phi) is 9.99. The molecule has 0 saturated carbocycles. The summed E-state index contributed by atoms with van der Waals surface area (Å²) < 4.78 is 0. The fraction of sp³-hybridized carbons (Fsp3) is 0.522. The highest BCUT2D eigenvalue weighted by atomic mass is 16.4. The second kappa shape index (κ2) is 12.7. The van der Waals surface area contributed by atoms with Crippen LogP contribution in [0.1, 0.15) is 32.3 Å². The van der Waals surface area contributed by atoms with Crippen molar-refractivity contribution in [2.75, 3.05) is 19.6 Å². The molecule has 1 fully saturated rings. The van der Waals surface area contributed by atoms with Crippen LogP contribution in [-0.2, 0) is 30.4 Å². The van der Waals surface area contributed by atoms with Gasteiger partial charge < -0.3 is 31.7 Å². The van der Waals surface area contributed by atoms with E-state index in [1.165, 1.54) is 4.90 Å². The molecule has 1 aliphatic heterocycles. The first kappa shape index (κ1) is 26.8. The van der Waals surface area contributed by atoms with Crippen molar-refractivity contribution in [3.63, 3.8) is 0 Å². The third-order valence-electron chi connectivity index (χ3n) is 5.56. The third kappa shape index (κ3) is 7.84. The summed E-state index contributed by atoms with van der Waals surface area (Å²) in [6.45, 7) is 2.86. The third-order valence-corrected chi connectivity index (χ3v) is 5.56. The Labute approximate surface area is 198 Å². The smallest absolute Gasteiger partial charge is 0.322 e. The summed E-state index contributed by atoms with van der Waals surface area (Å²) in [5.74, 6) is -3.52. The summed E-state index contributed by atoms with van der Waals surface area (Å²) in [7, 11) is 0. The molecule has 3 atom stereocenters. The Morgan fingerprint density at radius 2 is 1.76 bits per heavy atom. The number of carboxylic acids is 1. The van der Waals surface area contributed by atoms with Gasteiger partial charge in [-0.05, 0) is 30.7 Å². The van der Waals surface area contributed by atoms with Gasteiger partial charge in [0.1, 0.15) is 18.6 Å². The molecule has 0 aliphatic carbocycles. The number of hydrogen-bond donors (Lipinski definition) is 5. The predicted molar refractivity (Wildman–Crippen MR) is 123 cm³/mol. The average molecular weight is 476 g/mol. The maximum atomic E-state index is 12.9. The number of nitrogens with zero attached hydrogens (tertiary/aromatic N) is 1. The number of nitrogens with two attached hydrogens (primary N) is 1. The summed E-state index contributed by atoms with van der Waals surface area (Å²) in [6, 6.07) is 6.91. The first-order chi connectivity index (χ1) is 16.1. The minimum absolute atomic E-state index is 0.303. The molecule has 1 aromatic carbocycles. The Hall–Kier alpha value is -3.47. The molecule has 1 heterocycles. The van der Waals surface area contributed by atoms with Crippen molar-refractivity contribution in [1.29, 1.82) is 0 Å². The van der Waals surface area contributed by atoms with Gasteiger partial charge in [-0.15, -0.1) is 0 Å². The standard InChI is InChI=1S/C23H33N5O6/c1-14(2)20(22(33)26-13-19(30)31)27-18(29)12-25-21(32)17-9-6-10-28(17)23(34)16(24)11-15-7-4-3-5-8-15/h3-5,7-8,14,16-17,20H,6,9-13,24H2,1-2H3,(H,25,32)(H,26,33)(H,27,29)(H,30,31)/t16-,17-,20-/m0/s1. The quantitative estimate of drug-likeness (QED) is 0.273. The van der Waals surface area contributed by atoms with E-state index in [0.717, 1.165) is 5.56 Å². The summed E-state index contributed by atoms with van der Waals surface area (Å²) >= 11 is 0. The highest BCUT2D eigenvalue weighted by Crippen LogP contribution is 2.19. The number of nitrogens with one attached hydrogen (secondary N) is 3. The summed E-state index contributed by atoms with van der Waals surface area (Å²) in [5.41, 5.74) is 7.03. The lowest BCUT2D eigenvalue weighted by Crippen LogP contribution is -2.55. The van der Waals surface area contributed by atoms with E-state index in [-0.39, 0.29) is 18.4 Å². The van der Waals surface area contributed by atoms with Crippen LogP contribution in [0.3, 0.4) is 0 Å². The van der Waals surface area contributed by atoms with Gasteiger partial charge in [0.15, 0.2) is 0 Å². The van der Waals surface area contributed by atoms with E-state index >= 15 is 0 Å². The number of carboxylic acid groups (broad SMARTS) is 1. The van der Waals surface area contributed by atoms with Crippen LogP contribution in [0.5, 0.6) is 0 Å². The van der Waals surface area contributed by atoms with Crippen molar-refractivity contribution < 1.29 is 29.1 Å². The number of carbonyl (C=O) groups is 5. The fourth-order valence-corrected chi connectivity index (χ4v) is 3.79. The lowest BCUT2D eigenvalue weighted by Gasteiger charge is -2.27. The van der Waals surface area contributed by atoms with Crippen molar-refractivity contribution in [3.05, 3.63) is 35.9 Å². The fourth-order valence-electron chi connectivity index (χ4n) is 3.79. The van der Waals surface area contributed by atoms with Gasteiger partial charge in [0.25, 0.3) is 0 Å². The first-order valence-electron chi connectivity index (χ1n) is 11.3. The van der Waals surface area contributed by atoms with Gasteiger partial charge in [-0.1, -0.05) is 44.2 Å². The molecule has 0 spiro atoms. The molecule has 0 bridgehead atoms. The molecular formula is C23H33N5O6. The maximum absolute atomic E-state index is 12.9. The van der Waals surface area contributed by atoms with Gasteiger partial charge in [-0.3, -0.25) is 24.0 Å². The maximum Gasteiger partial charge on any atom is 0.322 e. The number of likely N-dealkylation sites (tertiary alicyclic amines) is 1. The van der Waals surface area contributed by atoms with Gasteiger partial charge in [-0.2, -0.15) is 0 Å². The van der Waals surface area contributed by atoms with Crippen LogP contribution in [0.4, 0.5) is 0 Å². The molecule has 34 heavy (non-hydrogen) atoms. The molecule has 11 nitrogen and oxygen atoms in total. The van der Waals surface area contributed by atoms with Crippen LogP contribution in [0.15, 0.2) is 30.3 Å². The van der Waals surface area contributed by atoms with Crippen LogP contribution < -0.4 is 21.7 Å². The summed E-state index contributed by atoms with van der Waals surface area (Å²) in [4.78, 5) is 62.1. The van der Waals surface area contributed by atoms with Crippen molar-refractivity contribution in [2.45, 2.75) is 51.2 Å². The second-order valence-electron chi connectivity index (χ2n) is 8.60. The lowest BCUT2D eigenvalue weighted by atomic mass is 10.0. The molecule has 0 aromatic heterocycles. The van der Waals surface area contributed by atoms with E-state index in [0.29, 0.717) is 25.8 Å². The highest BCUT2D eigenvalue weighted by molar-refractivity contribution is 5.94. The zero-order chi connectivity index (χ0) is 25.3. The van der Waals surface area contributed by atoms with E-state index in [1.54, 1.807) is 13.8 Å². The molecule has 186 valence electrons. The molecule has 1 aromatic rings. The normalized spacial score (nSPS) is 17.1. The van der Waals surface area contributed by atoms with E-state index in [1.807, 2.05) is 30.3 Å². The largest absolute Gasteiger partial charge is 0.480 e. The van der Waals surface area contributed by atoms with Crippen molar-refractivity contribution in [2.24, 2.45) is 11.7 Å². The minimum Gasteiger partial charge on any atom is -0.480 e. The number of hydrogen-bond acceptors (Lipinski definition) is 6. The second-order valence-corrected chi connectivity index (χ2v) is 8.60. The van der Waals surface area contributed by atoms with E-state index in [9.17, 15) is 24.0 Å². The predicted octanol–water partition coefficient (Wildman–Crippen LogP) is -0.995. The Morgan fingerprint density at radius 3 is 2.38 bits per heavy atom. The van der Waals surface area contributed by atoms with Gasteiger partial charge >= 0.3 is 5.97 Å². The summed E-state index contributed by atoms with van der Waals surface area (Å²) in [5, 5.41) is 16.0. The zero-order valence-electron chi connectivity index (χ0n) is 19.5. The number of amides is 4.